The standard InChI is InChI=1S/C10H20N4O/c1-3-5-15-7-9(11)6-10-12-8-13-14(10)4-2/h8-9H,3-7,11H2,1-2H3. The summed E-state index contributed by atoms with van der Waals surface area (Å²) in [6.07, 6.45) is 3.31. The second-order valence-electron chi connectivity index (χ2n) is 3.53. The molecule has 1 rings (SSSR count). The molecule has 0 aliphatic carbocycles. The van der Waals surface area contributed by atoms with E-state index in [2.05, 4.69) is 17.0 Å². The van der Waals surface area contributed by atoms with Crippen LogP contribution < -0.4 is 5.73 Å². The lowest BCUT2D eigenvalue weighted by atomic mass is 10.2. The Morgan fingerprint density at radius 3 is 3.00 bits per heavy atom. The third kappa shape index (κ3) is 3.97. The van der Waals surface area contributed by atoms with Gasteiger partial charge in [-0.3, -0.25) is 4.68 Å². The zero-order valence-electron chi connectivity index (χ0n) is 9.52. The summed E-state index contributed by atoms with van der Waals surface area (Å²) in [5.74, 6) is 0.935. The van der Waals surface area contributed by atoms with Crippen molar-refractivity contribution in [1.82, 2.24) is 14.8 Å². The van der Waals surface area contributed by atoms with Gasteiger partial charge in [-0.1, -0.05) is 6.92 Å². The van der Waals surface area contributed by atoms with Gasteiger partial charge in [0.25, 0.3) is 0 Å². The lowest BCUT2D eigenvalue weighted by Crippen LogP contribution is -2.30. The van der Waals surface area contributed by atoms with Crippen LogP contribution >= 0.6 is 0 Å². The zero-order valence-corrected chi connectivity index (χ0v) is 9.52. The van der Waals surface area contributed by atoms with Crippen LogP contribution in [0.1, 0.15) is 26.1 Å². The molecule has 1 unspecified atom stereocenters. The van der Waals surface area contributed by atoms with Gasteiger partial charge >= 0.3 is 0 Å². The van der Waals surface area contributed by atoms with E-state index in [1.165, 1.54) is 0 Å². The maximum atomic E-state index is 5.92. The zero-order chi connectivity index (χ0) is 11.1. The highest BCUT2D eigenvalue weighted by Crippen LogP contribution is 1.98. The molecule has 1 atom stereocenters. The highest BCUT2D eigenvalue weighted by Gasteiger charge is 2.09. The molecular weight excluding hydrogens is 192 g/mol. The van der Waals surface area contributed by atoms with Gasteiger partial charge < -0.3 is 10.5 Å². The molecule has 0 fully saturated rings. The van der Waals surface area contributed by atoms with Crippen LogP contribution in [0.4, 0.5) is 0 Å². The summed E-state index contributed by atoms with van der Waals surface area (Å²) in [6.45, 7) is 6.31. The number of aromatic nitrogens is 3. The molecule has 86 valence electrons. The van der Waals surface area contributed by atoms with Crippen LogP contribution in [0.2, 0.25) is 0 Å². The molecule has 1 aromatic heterocycles. The summed E-state index contributed by atoms with van der Waals surface area (Å²) in [6, 6.07) is 0.00560. The molecule has 0 aliphatic heterocycles. The third-order valence-electron chi connectivity index (χ3n) is 2.12. The van der Waals surface area contributed by atoms with Crippen LogP contribution in [-0.2, 0) is 17.7 Å². The molecular formula is C10H20N4O. The fourth-order valence-corrected chi connectivity index (χ4v) is 1.38. The second kappa shape index (κ2) is 6.53. The van der Waals surface area contributed by atoms with Crippen molar-refractivity contribution in [3.05, 3.63) is 12.2 Å². The van der Waals surface area contributed by atoms with Crippen molar-refractivity contribution in [3.8, 4) is 0 Å². The maximum absolute atomic E-state index is 5.92. The van der Waals surface area contributed by atoms with Crippen molar-refractivity contribution < 1.29 is 4.74 Å². The number of nitrogens with zero attached hydrogens (tertiary/aromatic N) is 3. The van der Waals surface area contributed by atoms with Gasteiger partial charge in [-0.2, -0.15) is 5.10 Å². The predicted molar refractivity (Wildman–Crippen MR) is 58.5 cm³/mol. The number of hydrogen-bond acceptors (Lipinski definition) is 4. The third-order valence-corrected chi connectivity index (χ3v) is 2.12. The van der Waals surface area contributed by atoms with E-state index in [0.29, 0.717) is 6.61 Å². The van der Waals surface area contributed by atoms with Gasteiger partial charge in [0.05, 0.1) is 6.61 Å². The Morgan fingerprint density at radius 2 is 2.33 bits per heavy atom. The maximum Gasteiger partial charge on any atom is 0.138 e. The summed E-state index contributed by atoms with van der Waals surface area (Å²) in [5.41, 5.74) is 5.92. The Morgan fingerprint density at radius 1 is 1.53 bits per heavy atom. The minimum absolute atomic E-state index is 0.00560. The first-order valence-electron chi connectivity index (χ1n) is 5.47. The summed E-state index contributed by atoms with van der Waals surface area (Å²) in [5, 5.41) is 4.09. The average Bonchev–Trinajstić information content (AvgIpc) is 2.65. The fraction of sp³-hybridized carbons (Fsp3) is 0.800. The Hall–Kier alpha value is -0.940. The molecule has 1 aromatic rings. The monoisotopic (exact) mass is 212 g/mol. The Labute approximate surface area is 90.6 Å². The summed E-state index contributed by atoms with van der Waals surface area (Å²) in [4.78, 5) is 4.17. The smallest absolute Gasteiger partial charge is 0.138 e. The molecule has 2 N–H and O–H groups in total. The first kappa shape index (κ1) is 12.1. The van der Waals surface area contributed by atoms with Crippen LogP contribution in [-0.4, -0.2) is 34.0 Å². The second-order valence-corrected chi connectivity index (χ2v) is 3.53. The van der Waals surface area contributed by atoms with Crippen molar-refractivity contribution in [3.63, 3.8) is 0 Å². The molecule has 5 nitrogen and oxygen atoms in total. The van der Waals surface area contributed by atoms with E-state index < -0.39 is 0 Å². The molecule has 0 bridgehead atoms. The van der Waals surface area contributed by atoms with E-state index in [4.69, 9.17) is 10.5 Å². The van der Waals surface area contributed by atoms with Gasteiger partial charge in [-0.15, -0.1) is 0 Å². The summed E-state index contributed by atoms with van der Waals surface area (Å²) >= 11 is 0. The Bertz CT molecular complexity index is 274. The van der Waals surface area contributed by atoms with E-state index in [1.807, 2.05) is 11.6 Å². The van der Waals surface area contributed by atoms with E-state index in [0.717, 1.165) is 31.8 Å². The van der Waals surface area contributed by atoms with Crippen molar-refractivity contribution in [2.24, 2.45) is 5.73 Å². The van der Waals surface area contributed by atoms with Crippen LogP contribution in [0, 0.1) is 0 Å². The van der Waals surface area contributed by atoms with E-state index >= 15 is 0 Å². The van der Waals surface area contributed by atoms with Crippen molar-refractivity contribution in [2.45, 2.75) is 39.3 Å². The van der Waals surface area contributed by atoms with Crippen molar-refractivity contribution in [1.29, 1.82) is 0 Å². The molecule has 0 aromatic carbocycles. The lowest BCUT2D eigenvalue weighted by molar-refractivity contribution is 0.120. The average molecular weight is 212 g/mol. The van der Waals surface area contributed by atoms with Crippen LogP contribution in [0.15, 0.2) is 6.33 Å². The van der Waals surface area contributed by atoms with Crippen molar-refractivity contribution >= 4 is 0 Å². The van der Waals surface area contributed by atoms with E-state index in [-0.39, 0.29) is 6.04 Å². The lowest BCUT2D eigenvalue weighted by Gasteiger charge is -2.11. The normalized spacial score (nSPS) is 13.0. The molecule has 0 radical (unpaired) electrons. The Kier molecular flexibility index (Phi) is 5.28. The van der Waals surface area contributed by atoms with Gasteiger partial charge in [-0.05, 0) is 13.3 Å². The van der Waals surface area contributed by atoms with Gasteiger partial charge in [-0.25, -0.2) is 4.98 Å². The van der Waals surface area contributed by atoms with Gasteiger partial charge in [0.1, 0.15) is 12.2 Å². The van der Waals surface area contributed by atoms with E-state index in [1.54, 1.807) is 6.33 Å². The minimum Gasteiger partial charge on any atom is -0.380 e. The Balaban J connectivity index is 2.33. The topological polar surface area (TPSA) is 66.0 Å². The van der Waals surface area contributed by atoms with Gasteiger partial charge in [0.2, 0.25) is 0 Å². The predicted octanol–water partition coefficient (Wildman–Crippen LogP) is 0.594. The van der Waals surface area contributed by atoms with Crippen LogP contribution in [0.25, 0.3) is 0 Å². The van der Waals surface area contributed by atoms with Crippen LogP contribution in [0.5, 0.6) is 0 Å². The van der Waals surface area contributed by atoms with Gasteiger partial charge in [0, 0.05) is 25.6 Å². The number of ether oxygens (including phenoxy) is 1. The number of nitrogens with two attached hydrogens (primary N) is 1. The molecule has 0 saturated carbocycles. The highest BCUT2D eigenvalue weighted by atomic mass is 16.5. The first-order chi connectivity index (χ1) is 7.27. The SMILES string of the molecule is CCCOCC(N)Cc1ncnn1CC. The molecule has 1 heterocycles. The van der Waals surface area contributed by atoms with Crippen molar-refractivity contribution in [2.75, 3.05) is 13.2 Å². The molecule has 0 saturated heterocycles. The number of aryl methyl sites for hydroxylation is 1. The minimum atomic E-state index is 0.00560. The molecule has 0 amide bonds. The fourth-order valence-electron chi connectivity index (χ4n) is 1.38. The molecule has 15 heavy (non-hydrogen) atoms. The van der Waals surface area contributed by atoms with Crippen LogP contribution in [0.3, 0.4) is 0 Å². The van der Waals surface area contributed by atoms with Gasteiger partial charge in [0.15, 0.2) is 0 Å². The largest absolute Gasteiger partial charge is 0.380 e. The first-order valence-corrected chi connectivity index (χ1v) is 5.47. The summed E-state index contributed by atoms with van der Waals surface area (Å²) in [7, 11) is 0. The molecule has 0 spiro atoms. The highest BCUT2D eigenvalue weighted by molar-refractivity contribution is 4.88. The number of rotatable bonds is 7. The molecule has 0 aliphatic rings. The summed E-state index contributed by atoms with van der Waals surface area (Å²) < 4.78 is 7.25. The van der Waals surface area contributed by atoms with E-state index in [9.17, 15) is 0 Å². The molecule has 5 heteroatoms. The number of hydrogen-bond donors (Lipinski definition) is 1. The quantitative estimate of drug-likeness (QED) is 0.672.